The van der Waals surface area contributed by atoms with Gasteiger partial charge in [0.1, 0.15) is 0 Å². The summed E-state index contributed by atoms with van der Waals surface area (Å²) in [4.78, 5) is 18.6. The van der Waals surface area contributed by atoms with E-state index in [2.05, 4.69) is 52.5 Å². The van der Waals surface area contributed by atoms with Gasteiger partial charge in [-0.15, -0.1) is 0 Å². The van der Waals surface area contributed by atoms with Crippen molar-refractivity contribution in [2.45, 2.75) is 38.6 Å². The number of hydrogen-bond donors (Lipinski definition) is 1. The van der Waals surface area contributed by atoms with Crippen molar-refractivity contribution in [3.05, 3.63) is 66.0 Å². The molecule has 4 heteroatoms. The topological polar surface area (TPSA) is 45.2 Å². The highest BCUT2D eigenvalue weighted by molar-refractivity contribution is 5.93. The van der Waals surface area contributed by atoms with Crippen LogP contribution in [-0.2, 0) is 6.42 Å². The van der Waals surface area contributed by atoms with Crippen LogP contribution in [0.4, 0.5) is 0 Å². The number of aryl methyl sites for hydroxylation is 1. The third-order valence-corrected chi connectivity index (χ3v) is 5.44. The van der Waals surface area contributed by atoms with E-state index in [1.165, 1.54) is 31.2 Å². The van der Waals surface area contributed by atoms with Crippen molar-refractivity contribution >= 4 is 5.91 Å². The normalized spacial score (nSPS) is 17.0. The molecule has 1 amide bonds. The monoisotopic (exact) mass is 351 g/mol. The fraction of sp³-hybridized carbons (Fsp3) is 0.455. The van der Waals surface area contributed by atoms with Crippen LogP contribution >= 0.6 is 0 Å². The molecule has 0 bridgehead atoms. The summed E-state index contributed by atoms with van der Waals surface area (Å²) in [6, 6.07) is 14.7. The zero-order chi connectivity index (χ0) is 18.2. The summed E-state index contributed by atoms with van der Waals surface area (Å²) in [5.74, 6) is 0.784. The molecule has 4 nitrogen and oxygen atoms in total. The minimum absolute atomic E-state index is 0.0392. The molecule has 2 aromatic rings. The second-order valence-corrected chi connectivity index (χ2v) is 7.30. The number of rotatable bonds is 7. The number of carbonyl (C=O) groups excluding carboxylic acids is 1. The fourth-order valence-electron chi connectivity index (χ4n) is 3.67. The van der Waals surface area contributed by atoms with Gasteiger partial charge in [-0.1, -0.05) is 30.3 Å². The standard InChI is InChI=1S/C22H29N3O/c1-18(16-24-22(26)21-8-5-13-23-17-21)25-14-11-20(12-15-25)10-9-19-6-3-2-4-7-19/h2-8,13,17-18,20H,9-12,14-16H2,1H3,(H,24,26). The van der Waals surface area contributed by atoms with Crippen LogP contribution in [0.25, 0.3) is 0 Å². The van der Waals surface area contributed by atoms with Gasteiger partial charge in [0, 0.05) is 25.0 Å². The SMILES string of the molecule is CC(CNC(=O)c1cccnc1)N1CCC(CCc2ccccc2)CC1. The van der Waals surface area contributed by atoms with Crippen molar-refractivity contribution in [3.8, 4) is 0 Å². The molecule has 1 fully saturated rings. The van der Waals surface area contributed by atoms with Gasteiger partial charge in [0.25, 0.3) is 5.91 Å². The lowest BCUT2D eigenvalue weighted by atomic mass is 9.90. The van der Waals surface area contributed by atoms with Crippen molar-refractivity contribution in [3.63, 3.8) is 0 Å². The van der Waals surface area contributed by atoms with Gasteiger partial charge < -0.3 is 5.32 Å². The highest BCUT2D eigenvalue weighted by Gasteiger charge is 2.22. The van der Waals surface area contributed by atoms with E-state index >= 15 is 0 Å². The number of nitrogens with one attached hydrogen (secondary N) is 1. The van der Waals surface area contributed by atoms with Crippen LogP contribution < -0.4 is 5.32 Å². The molecule has 0 saturated carbocycles. The average Bonchev–Trinajstić information content (AvgIpc) is 2.72. The molecule has 1 aromatic heterocycles. The molecule has 1 atom stereocenters. The predicted molar refractivity (Wildman–Crippen MR) is 105 cm³/mol. The maximum atomic E-state index is 12.1. The number of likely N-dealkylation sites (tertiary alicyclic amines) is 1. The van der Waals surface area contributed by atoms with E-state index in [0.717, 1.165) is 19.0 Å². The van der Waals surface area contributed by atoms with Crippen LogP contribution in [0.5, 0.6) is 0 Å². The Kier molecular flexibility index (Phi) is 6.78. The molecule has 1 N–H and O–H groups in total. The Morgan fingerprint density at radius 2 is 1.96 bits per heavy atom. The van der Waals surface area contributed by atoms with E-state index in [9.17, 15) is 4.79 Å². The van der Waals surface area contributed by atoms with Crippen LogP contribution in [0.15, 0.2) is 54.9 Å². The Balaban J connectivity index is 1.36. The third kappa shape index (κ3) is 5.40. The van der Waals surface area contributed by atoms with E-state index in [0.29, 0.717) is 18.2 Å². The molecule has 3 rings (SSSR count). The minimum atomic E-state index is -0.0392. The van der Waals surface area contributed by atoms with E-state index in [4.69, 9.17) is 0 Å². The van der Waals surface area contributed by atoms with Crippen LogP contribution in [0.2, 0.25) is 0 Å². The summed E-state index contributed by atoms with van der Waals surface area (Å²) in [5, 5.41) is 3.03. The van der Waals surface area contributed by atoms with E-state index in [1.54, 1.807) is 24.5 Å². The van der Waals surface area contributed by atoms with Crippen molar-refractivity contribution in [2.75, 3.05) is 19.6 Å². The Hall–Kier alpha value is -2.20. The van der Waals surface area contributed by atoms with Gasteiger partial charge >= 0.3 is 0 Å². The van der Waals surface area contributed by atoms with Gasteiger partial charge in [0.2, 0.25) is 0 Å². The first-order valence-electron chi connectivity index (χ1n) is 9.68. The first-order valence-corrected chi connectivity index (χ1v) is 9.68. The summed E-state index contributed by atoms with van der Waals surface area (Å²) in [5.41, 5.74) is 2.07. The first-order chi connectivity index (χ1) is 12.7. The van der Waals surface area contributed by atoms with Crippen LogP contribution in [0.1, 0.15) is 42.1 Å². The number of carbonyl (C=O) groups is 1. The molecule has 1 aromatic carbocycles. The van der Waals surface area contributed by atoms with Gasteiger partial charge in [-0.25, -0.2) is 0 Å². The Morgan fingerprint density at radius 3 is 2.65 bits per heavy atom. The fourth-order valence-corrected chi connectivity index (χ4v) is 3.67. The number of amides is 1. The number of hydrogen-bond acceptors (Lipinski definition) is 3. The van der Waals surface area contributed by atoms with Crippen LogP contribution in [0, 0.1) is 5.92 Å². The lowest BCUT2D eigenvalue weighted by Crippen LogP contribution is -2.45. The molecular weight excluding hydrogens is 322 g/mol. The molecule has 0 spiro atoms. The van der Waals surface area contributed by atoms with E-state index in [-0.39, 0.29) is 5.91 Å². The number of nitrogens with zero attached hydrogens (tertiary/aromatic N) is 2. The molecule has 0 aliphatic carbocycles. The largest absolute Gasteiger partial charge is 0.350 e. The van der Waals surface area contributed by atoms with E-state index < -0.39 is 0 Å². The highest BCUT2D eigenvalue weighted by atomic mass is 16.1. The second-order valence-electron chi connectivity index (χ2n) is 7.30. The number of aromatic nitrogens is 1. The zero-order valence-electron chi connectivity index (χ0n) is 15.6. The lowest BCUT2D eigenvalue weighted by Gasteiger charge is -2.36. The summed E-state index contributed by atoms with van der Waals surface area (Å²) in [7, 11) is 0. The van der Waals surface area contributed by atoms with Crippen LogP contribution in [0.3, 0.4) is 0 Å². The number of pyridine rings is 1. The van der Waals surface area contributed by atoms with E-state index in [1.807, 2.05) is 0 Å². The van der Waals surface area contributed by atoms with Crippen molar-refractivity contribution in [2.24, 2.45) is 5.92 Å². The number of benzene rings is 1. The Labute approximate surface area is 156 Å². The third-order valence-electron chi connectivity index (χ3n) is 5.44. The van der Waals surface area contributed by atoms with Gasteiger partial charge in [0.15, 0.2) is 0 Å². The van der Waals surface area contributed by atoms with Gasteiger partial charge in [-0.2, -0.15) is 0 Å². The summed E-state index contributed by atoms with van der Waals surface area (Å²) >= 11 is 0. The second kappa shape index (κ2) is 9.48. The Bertz CT molecular complexity index is 666. The molecule has 1 saturated heterocycles. The predicted octanol–water partition coefficient (Wildman–Crippen LogP) is 3.54. The maximum Gasteiger partial charge on any atom is 0.252 e. The van der Waals surface area contributed by atoms with Gasteiger partial charge in [-0.05, 0) is 69.3 Å². The lowest BCUT2D eigenvalue weighted by molar-refractivity contribution is 0.0917. The molecule has 2 heterocycles. The Morgan fingerprint density at radius 1 is 1.19 bits per heavy atom. The average molecular weight is 351 g/mol. The quantitative estimate of drug-likeness (QED) is 0.830. The molecule has 1 aliphatic rings. The van der Waals surface area contributed by atoms with Crippen molar-refractivity contribution in [1.82, 2.24) is 15.2 Å². The minimum Gasteiger partial charge on any atom is -0.350 e. The van der Waals surface area contributed by atoms with Crippen molar-refractivity contribution in [1.29, 1.82) is 0 Å². The maximum absolute atomic E-state index is 12.1. The highest BCUT2D eigenvalue weighted by Crippen LogP contribution is 2.23. The molecule has 1 aliphatic heterocycles. The first kappa shape index (κ1) is 18.6. The summed E-state index contributed by atoms with van der Waals surface area (Å²) in [6.45, 7) is 5.14. The smallest absolute Gasteiger partial charge is 0.252 e. The number of piperidine rings is 1. The summed E-state index contributed by atoms with van der Waals surface area (Å²) < 4.78 is 0. The van der Waals surface area contributed by atoms with Crippen LogP contribution in [-0.4, -0.2) is 41.5 Å². The van der Waals surface area contributed by atoms with Crippen molar-refractivity contribution < 1.29 is 4.79 Å². The molecular formula is C22H29N3O. The summed E-state index contributed by atoms with van der Waals surface area (Å²) in [6.07, 6.45) is 8.27. The van der Waals surface area contributed by atoms with Gasteiger partial charge in [-0.3, -0.25) is 14.7 Å². The molecule has 26 heavy (non-hydrogen) atoms. The van der Waals surface area contributed by atoms with Gasteiger partial charge in [0.05, 0.1) is 5.56 Å². The molecule has 0 radical (unpaired) electrons. The molecule has 1 unspecified atom stereocenters. The molecule has 138 valence electrons. The zero-order valence-corrected chi connectivity index (χ0v) is 15.6.